The summed E-state index contributed by atoms with van der Waals surface area (Å²) in [6.07, 6.45) is 7.40. The average Bonchev–Trinajstić information content (AvgIpc) is 2.44. The van der Waals surface area contributed by atoms with Crippen LogP contribution in [0.3, 0.4) is 0 Å². The molecule has 0 N–H and O–H groups in total. The SMILES string of the molecule is CCOC1(C(=O)C2CCC(C)C(C)C2)CCC(C)(C)CC1. The Hall–Kier alpha value is -0.370. The van der Waals surface area contributed by atoms with Crippen LogP contribution in [-0.4, -0.2) is 18.0 Å². The van der Waals surface area contributed by atoms with E-state index in [1.165, 1.54) is 6.42 Å². The molecule has 3 atom stereocenters. The second-order valence-corrected chi connectivity index (χ2v) is 8.42. The van der Waals surface area contributed by atoms with Gasteiger partial charge in [0.1, 0.15) is 5.60 Å². The van der Waals surface area contributed by atoms with Gasteiger partial charge in [-0.3, -0.25) is 4.79 Å². The fourth-order valence-corrected chi connectivity index (χ4v) is 4.23. The quantitative estimate of drug-likeness (QED) is 0.729. The van der Waals surface area contributed by atoms with E-state index in [4.69, 9.17) is 4.74 Å². The van der Waals surface area contributed by atoms with Gasteiger partial charge in [0.2, 0.25) is 0 Å². The van der Waals surface area contributed by atoms with Gasteiger partial charge in [0.25, 0.3) is 0 Å². The monoisotopic (exact) mass is 294 g/mol. The Bertz CT molecular complexity index is 362. The van der Waals surface area contributed by atoms with Crippen molar-refractivity contribution in [3.63, 3.8) is 0 Å². The maximum atomic E-state index is 13.2. The standard InChI is InChI=1S/C19H34O2/c1-6-21-19(11-9-18(4,5)10-12-19)17(20)16-8-7-14(2)15(3)13-16/h14-16H,6-13H2,1-5H3. The third-order valence-electron chi connectivity index (χ3n) is 6.25. The minimum Gasteiger partial charge on any atom is -0.367 e. The first kappa shape index (κ1) is 17.0. The zero-order valence-electron chi connectivity index (χ0n) is 14.7. The molecule has 0 aromatic rings. The van der Waals surface area contributed by atoms with Gasteiger partial charge in [0.05, 0.1) is 0 Å². The first-order chi connectivity index (χ1) is 9.80. The molecule has 0 aliphatic heterocycles. The number of ketones is 1. The van der Waals surface area contributed by atoms with Crippen molar-refractivity contribution in [2.24, 2.45) is 23.2 Å². The van der Waals surface area contributed by atoms with E-state index in [2.05, 4.69) is 27.7 Å². The van der Waals surface area contributed by atoms with Gasteiger partial charge in [0, 0.05) is 12.5 Å². The normalized spacial score (nSPS) is 35.4. The molecule has 0 bridgehead atoms. The third-order valence-corrected chi connectivity index (χ3v) is 6.25. The fourth-order valence-electron chi connectivity index (χ4n) is 4.23. The predicted octanol–water partition coefficient (Wildman–Crippen LogP) is 5.00. The van der Waals surface area contributed by atoms with Crippen molar-refractivity contribution in [1.82, 2.24) is 0 Å². The van der Waals surface area contributed by atoms with E-state index in [0.29, 0.717) is 23.7 Å². The largest absolute Gasteiger partial charge is 0.367 e. The van der Waals surface area contributed by atoms with Crippen LogP contribution in [0.1, 0.15) is 79.6 Å². The van der Waals surface area contributed by atoms with E-state index in [9.17, 15) is 4.79 Å². The molecule has 2 aliphatic rings. The summed E-state index contributed by atoms with van der Waals surface area (Å²) in [4.78, 5) is 13.2. The molecule has 2 rings (SSSR count). The van der Waals surface area contributed by atoms with Gasteiger partial charge in [-0.15, -0.1) is 0 Å². The molecule has 0 amide bonds. The van der Waals surface area contributed by atoms with E-state index in [1.807, 2.05) is 6.92 Å². The Morgan fingerprint density at radius 2 is 1.67 bits per heavy atom. The summed E-state index contributed by atoms with van der Waals surface area (Å²) in [6.45, 7) is 12.0. The van der Waals surface area contributed by atoms with Crippen LogP contribution < -0.4 is 0 Å². The summed E-state index contributed by atoms with van der Waals surface area (Å²) >= 11 is 0. The highest BCUT2D eigenvalue weighted by molar-refractivity contribution is 5.89. The van der Waals surface area contributed by atoms with Crippen LogP contribution in [0.2, 0.25) is 0 Å². The van der Waals surface area contributed by atoms with E-state index >= 15 is 0 Å². The first-order valence-electron chi connectivity index (χ1n) is 8.98. The fraction of sp³-hybridized carbons (Fsp3) is 0.947. The molecule has 0 saturated heterocycles. The average molecular weight is 294 g/mol. The number of carbonyl (C=O) groups is 1. The van der Waals surface area contributed by atoms with E-state index in [0.717, 1.165) is 44.4 Å². The maximum absolute atomic E-state index is 13.2. The van der Waals surface area contributed by atoms with Crippen LogP contribution in [0, 0.1) is 23.2 Å². The smallest absolute Gasteiger partial charge is 0.167 e. The molecule has 0 aromatic carbocycles. The number of rotatable bonds is 4. The lowest BCUT2D eigenvalue weighted by atomic mass is 9.65. The maximum Gasteiger partial charge on any atom is 0.167 e. The van der Waals surface area contributed by atoms with Crippen molar-refractivity contribution in [1.29, 1.82) is 0 Å². The molecule has 2 nitrogen and oxygen atoms in total. The van der Waals surface area contributed by atoms with Crippen LogP contribution in [0.4, 0.5) is 0 Å². The highest BCUT2D eigenvalue weighted by Gasteiger charge is 2.47. The lowest BCUT2D eigenvalue weighted by molar-refractivity contribution is -0.158. The van der Waals surface area contributed by atoms with Crippen molar-refractivity contribution in [2.75, 3.05) is 6.61 Å². The first-order valence-corrected chi connectivity index (χ1v) is 8.98. The van der Waals surface area contributed by atoms with Gasteiger partial charge in [-0.1, -0.05) is 27.7 Å². The second kappa shape index (κ2) is 6.40. The summed E-state index contributed by atoms with van der Waals surface area (Å²) in [5.41, 5.74) is -0.0928. The molecule has 0 aromatic heterocycles. The number of hydrogen-bond acceptors (Lipinski definition) is 2. The number of ether oxygens (including phenoxy) is 1. The molecule has 2 heteroatoms. The van der Waals surface area contributed by atoms with Gasteiger partial charge in [0.15, 0.2) is 5.78 Å². The Morgan fingerprint density at radius 1 is 1.05 bits per heavy atom. The van der Waals surface area contributed by atoms with Crippen LogP contribution in [0.5, 0.6) is 0 Å². The number of carbonyl (C=O) groups excluding carboxylic acids is 1. The van der Waals surface area contributed by atoms with Gasteiger partial charge in [-0.05, 0) is 69.1 Å². The minimum atomic E-state index is -0.463. The van der Waals surface area contributed by atoms with Crippen LogP contribution in [-0.2, 0) is 9.53 Å². The molecular formula is C19H34O2. The Balaban J connectivity index is 2.09. The lowest BCUT2D eigenvalue weighted by Gasteiger charge is -2.45. The molecule has 3 unspecified atom stereocenters. The number of hydrogen-bond donors (Lipinski definition) is 0. The molecule has 2 saturated carbocycles. The minimum absolute atomic E-state index is 0.240. The van der Waals surface area contributed by atoms with Gasteiger partial charge in [-0.2, -0.15) is 0 Å². The molecule has 0 radical (unpaired) electrons. The number of Topliss-reactive ketones (excluding diaryl/α,β-unsaturated/α-hetero) is 1. The zero-order valence-corrected chi connectivity index (χ0v) is 14.7. The van der Waals surface area contributed by atoms with Gasteiger partial charge < -0.3 is 4.74 Å². The highest BCUT2D eigenvalue weighted by Crippen LogP contribution is 2.45. The van der Waals surface area contributed by atoms with E-state index < -0.39 is 5.60 Å². The van der Waals surface area contributed by atoms with Crippen LogP contribution in [0.25, 0.3) is 0 Å². The molecule has 2 fully saturated rings. The summed E-state index contributed by atoms with van der Waals surface area (Å²) in [7, 11) is 0. The van der Waals surface area contributed by atoms with E-state index in [1.54, 1.807) is 0 Å². The van der Waals surface area contributed by atoms with Crippen LogP contribution in [0.15, 0.2) is 0 Å². The topological polar surface area (TPSA) is 26.3 Å². The third kappa shape index (κ3) is 3.70. The summed E-state index contributed by atoms with van der Waals surface area (Å²) in [6, 6.07) is 0. The molecular weight excluding hydrogens is 260 g/mol. The summed E-state index contributed by atoms with van der Waals surface area (Å²) < 4.78 is 6.09. The molecule has 2 aliphatic carbocycles. The highest BCUT2D eigenvalue weighted by atomic mass is 16.5. The molecule has 122 valence electrons. The Kier molecular flexibility index (Phi) is 5.18. The Labute approximate surface area is 131 Å². The predicted molar refractivity (Wildman–Crippen MR) is 87.3 cm³/mol. The summed E-state index contributed by atoms with van der Waals surface area (Å²) in [5.74, 6) is 2.11. The van der Waals surface area contributed by atoms with Gasteiger partial charge >= 0.3 is 0 Å². The van der Waals surface area contributed by atoms with Crippen LogP contribution >= 0.6 is 0 Å². The molecule has 21 heavy (non-hydrogen) atoms. The van der Waals surface area contributed by atoms with Crippen molar-refractivity contribution in [3.05, 3.63) is 0 Å². The van der Waals surface area contributed by atoms with Crippen molar-refractivity contribution in [3.8, 4) is 0 Å². The second-order valence-electron chi connectivity index (χ2n) is 8.42. The van der Waals surface area contributed by atoms with Gasteiger partial charge in [-0.25, -0.2) is 0 Å². The van der Waals surface area contributed by atoms with Crippen molar-refractivity contribution >= 4 is 5.78 Å². The van der Waals surface area contributed by atoms with E-state index in [-0.39, 0.29) is 5.92 Å². The van der Waals surface area contributed by atoms with Crippen molar-refractivity contribution < 1.29 is 9.53 Å². The molecule has 0 heterocycles. The summed E-state index contributed by atoms with van der Waals surface area (Å²) in [5, 5.41) is 0. The molecule has 0 spiro atoms. The lowest BCUT2D eigenvalue weighted by Crippen LogP contribution is -2.50. The Morgan fingerprint density at radius 3 is 2.19 bits per heavy atom. The van der Waals surface area contributed by atoms with Crippen molar-refractivity contribution in [2.45, 2.75) is 85.2 Å². The zero-order chi connectivity index (χ0) is 15.7.